The Balaban J connectivity index is 1.41. The zero-order valence-electron chi connectivity index (χ0n) is 18.4. The Morgan fingerprint density at radius 1 is 1.22 bits per heavy atom. The number of nitrogens with zero attached hydrogens (tertiary/aromatic N) is 5. The van der Waals surface area contributed by atoms with Crippen molar-refractivity contribution in [3.63, 3.8) is 0 Å². The van der Waals surface area contributed by atoms with Crippen LogP contribution in [0.4, 0.5) is 0 Å². The van der Waals surface area contributed by atoms with Crippen molar-refractivity contribution in [2.45, 2.75) is 25.8 Å². The number of aromatic nitrogens is 3. The summed E-state index contributed by atoms with van der Waals surface area (Å²) in [4.78, 5) is 34.4. The third-order valence-electron chi connectivity index (χ3n) is 5.70. The number of nitrogens with one attached hydrogen (secondary N) is 1. The van der Waals surface area contributed by atoms with Gasteiger partial charge in [-0.15, -0.1) is 11.3 Å². The van der Waals surface area contributed by atoms with Crippen LogP contribution in [0.25, 0.3) is 5.69 Å². The lowest BCUT2D eigenvalue weighted by Crippen LogP contribution is -2.56. The second-order valence-corrected chi connectivity index (χ2v) is 8.88. The molecule has 3 heterocycles. The minimum Gasteiger partial charge on any atom is -0.349 e. The molecule has 9 heteroatoms. The molecule has 0 spiro atoms. The molecule has 0 bridgehead atoms. The average Bonchev–Trinajstić information content (AvgIpc) is 3.51. The van der Waals surface area contributed by atoms with E-state index in [1.165, 1.54) is 11.3 Å². The first-order valence-electron chi connectivity index (χ1n) is 10.9. The Bertz CT molecular complexity index is 1060. The van der Waals surface area contributed by atoms with Gasteiger partial charge < -0.3 is 10.2 Å². The van der Waals surface area contributed by atoms with Crippen molar-refractivity contribution in [2.24, 2.45) is 0 Å². The number of rotatable bonds is 7. The lowest BCUT2D eigenvalue weighted by Gasteiger charge is -2.39. The largest absolute Gasteiger partial charge is 0.349 e. The van der Waals surface area contributed by atoms with Gasteiger partial charge in [-0.3, -0.25) is 14.5 Å². The molecule has 0 aliphatic carbocycles. The van der Waals surface area contributed by atoms with E-state index in [1.54, 1.807) is 10.9 Å². The molecule has 1 fully saturated rings. The summed E-state index contributed by atoms with van der Waals surface area (Å²) in [6, 6.07) is 9.37. The molecule has 1 aliphatic rings. The van der Waals surface area contributed by atoms with Gasteiger partial charge in [-0.2, -0.15) is 5.10 Å². The van der Waals surface area contributed by atoms with Gasteiger partial charge in [0.15, 0.2) is 0 Å². The van der Waals surface area contributed by atoms with Gasteiger partial charge in [0.1, 0.15) is 5.69 Å². The Labute approximate surface area is 191 Å². The van der Waals surface area contributed by atoms with E-state index < -0.39 is 0 Å². The summed E-state index contributed by atoms with van der Waals surface area (Å²) >= 11 is 1.52. The summed E-state index contributed by atoms with van der Waals surface area (Å²) in [6.45, 7) is 4.48. The van der Waals surface area contributed by atoms with E-state index in [9.17, 15) is 9.59 Å². The van der Waals surface area contributed by atoms with Crippen LogP contribution in [-0.4, -0.2) is 75.6 Å². The first-order chi connectivity index (χ1) is 15.6. The first kappa shape index (κ1) is 22.2. The number of carbonyl (C=O) groups excluding carboxylic acids is 2. The van der Waals surface area contributed by atoms with E-state index in [-0.39, 0.29) is 17.9 Å². The van der Waals surface area contributed by atoms with E-state index in [2.05, 4.69) is 27.2 Å². The van der Waals surface area contributed by atoms with Crippen molar-refractivity contribution in [3.05, 3.63) is 64.4 Å². The number of benzene rings is 1. The minimum atomic E-state index is -0.163. The number of amides is 2. The Kier molecular flexibility index (Phi) is 6.96. The Morgan fingerprint density at radius 3 is 2.84 bits per heavy atom. The van der Waals surface area contributed by atoms with Crippen molar-refractivity contribution in [1.29, 1.82) is 0 Å². The van der Waals surface area contributed by atoms with Crippen LogP contribution in [0, 0.1) is 0 Å². The van der Waals surface area contributed by atoms with Crippen LogP contribution in [0.5, 0.6) is 0 Å². The summed E-state index contributed by atoms with van der Waals surface area (Å²) in [5.74, 6) is -0.186. The molecule has 1 saturated heterocycles. The van der Waals surface area contributed by atoms with Gasteiger partial charge in [0, 0.05) is 50.0 Å². The summed E-state index contributed by atoms with van der Waals surface area (Å²) in [5, 5.41) is 10.1. The molecule has 2 aromatic heterocycles. The summed E-state index contributed by atoms with van der Waals surface area (Å²) in [6.07, 6.45) is 5.43. The van der Waals surface area contributed by atoms with Gasteiger partial charge in [0.2, 0.25) is 0 Å². The molecule has 1 N–H and O–H groups in total. The van der Waals surface area contributed by atoms with Crippen LogP contribution < -0.4 is 5.32 Å². The third kappa shape index (κ3) is 4.89. The number of thiazole rings is 1. The molecule has 0 radical (unpaired) electrons. The predicted molar refractivity (Wildman–Crippen MR) is 124 cm³/mol. The Hall–Kier alpha value is -3.04. The van der Waals surface area contributed by atoms with E-state index in [1.807, 2.05) is 53.9 Å². The number of para-hydroxylation sites is 1. The number of carbonyl (C=O) groups is 2. The number of hydrogen-bond acceptors (Lipinski definition) is 6. The molecule has 32 heavy (non-hydrogen) atoms. The monoisotopic (exact) mass is 452 g/mol. The number of piperazine rings is 1. The molecule has 1 atom stereocenters. The highest BCUT2D eigenvalue weighted by Crippen LogP contribution is 2.18. The molecule has 1 aliphatic heterocycles. The van der Waals surface area contributed by atoms with Crippen molar-refractivity contribution in [3.8, 4) is 5.69 Å². The fourth-order valence-electron chi connectivity index (χ4n) is 3.83. The number of likely N-dealkylation sites (N-methyl/N-ethyl adjacent to an activating group) is 1. The van der Waals surface area contributed by atoms with Crippen LogP contribution >= 0.6 is 11.3 Å². The van der Waals surface area contributed by atoms with Crippen LogP contribution in [0.3, 0.4) is 0 Å². The van der Waals surface area contributed by atoms with Crippen LogP contribution in [0.1, 0.15) is 39.2 Å². The molecule has 1 unspecified atom stereocenters. The summed E-state index contributed by atoms with van der Waals surface area (Å²) in [5.41, 5.74) is 1.85. The second-order valence-electron chi connectivity index (χ2n) is 7.94. The zero-order chi connectivity index (χ0) is 22.5. The van der Waals surface area contributed by atoms with Crippen molar-refractivity contribution >= 4 is 23.2 Å². The normalized spacial score (nSPS) is 16.8. The maximum atomic E-state index is 13.4. The van der Waals surface area contributed by atoms with Gasteiger partial charge >= 0.3 is 0 Å². The quantitative estimate of drug-likeness (QED) is 0.595. The maximum Gasteiger partial charge on any atom is 0.270 e. The van der Waals surface area contributed by atoms with Gasteiger partial charge in [-0.1, -0.05) is 19.1 Å². The van der Waals surface area contributed by atoms with Crippen LogP contribution in [0.2, 0.25) is 0 Å². The van der Waals surface area contributed by atoms with Crippen molar-refractivity contribution in [1.82, 2.24) is 29.9 Å². The lowest BCUT2D eigenvalue weighted by atomic mass is 10.1. The highest BCUT2D eigenvalue weighted by molar-refractivity contribution is 7.09. The smallest absolute Gasteiger partial charge is 0.270 e. The fourth-order valence-corrected chi connectivity index (χ4v) is 4.71. The highest BCUT2D eigenvalue weighted by Gasteiger charge is 2.29. The topological polar surface area (TPSA) is 83.4 Å². The average molecular weight is 453 g/mol. The fraction of sp³-hybridized carbons (Fsp3) is 0.391. The maximum absolute atomic E-state index is 13.4. The van der Waals surface area contributed by atoms with E-state index in [0.29, 0.717) is 30.9 Å². The highest BCUT2D eigenvalue weighted by atomic mass is 32.1. The summed E-state index contributed by atoms with van der Waals surface area (Å²) in [7, 11) is 2.03. The van der Waals surface area contributed by atoms with Gasteiger partial charge in [-0.25, -0.2) is 9.67 Å². The lowest BCUT2D eigenvalue weighted by molar-refractivity contribution is 0.0543. The zero-order valence-corrected chi connectivity index (χ0v) is 19.2. The number of aryl methyl sites for hydroxylation is 1. The van der Waals surface area contributed by atoms with Crippen molar-refractivity contribution < 1.29 is 9.59 Å². The molecular formula is C23H28N6O2S. The molecule has 1 aromatic carbocycles. The molecule has 3 aromatic rings. The second kappa shape index (κ2) is 10.1. The molecular weight excluding hydrogens is 424 g/mol. The predicted octanol–water partition coefficient (Wildman–Crippen LogP) is 2.47. The number of hydrogen-bond donors (Lipinski definition) is 1. The standard InChI is InChI=1S/C23H28N6O2S/c1-3-7-21-26-19(16-32-21)22(30)24-14-17-15-28(13-12-27(17)2)23(31)18-8-4-5-9-20(18)29-11-6-10-25-29/h4-6,8-11,16-17H,3,7,12-15H2,1-2H3,(H,24,30). The van der Waals surface area contributed by atoms with E-state index >= 15 is 0 Å². The van der Waals surface area contributed by atoms with Crippen LogP contribution in [-0.2, 0) is 6.42 Å². The van der Waals surface area contributed by atoms with Crippen LogP contribution in [0.15, 0.2) is 48.1 Å². The first-order valence-corrected chi connectivity index (χ1v) is 11.8. The SMILES string of the molecule is CCCc1nc(C(=O)NCC2CN(C(=O)c3ccccc3-n3cccn3)CCN2C)cs1. The third-order valence-corrected chi connectivity index (χ3v) is 6.61. The molecule has 4 rings (SSSR count). The molecule has 168 valence electrons. The molecule has 2 amide bonds. The minimum absolute atomic E-state index is 0.0239. The van der Waals surface area contributed by atoms with Gasteiger partial charge in [0.05, 0.1) is 16.3 Å². The van der Waals surface area contributed by atoms with E-state index in [4.69, 9.17) is 0 Å². The van der Waals surface area contributed by atoms with E-state index in [0.717, 1.165) is 30.1 Å². The Morgan fingerprint density at radius 2 is 2.06 bits per heavy atom. The van der Waals surface area contributed by atoms with Gasteiger partial charge in [0.25, 0.3) is 11.8 Å². The molecule has 0 saturated carbocycles. The molecule has 8 nitrogen and oxygen atoms in total. The van der Waals surface area contributed by atoms with Crippen molar-refractivity contribution in [2.75, 3.05) is 33.2 Å². The van der Waals surface area contributed by atoms with Gasteiger partial charge in [-0.05, 0) is 38.1 Å². The summed E-state index contributed by atoms with van der Waals surface area (Å²) < 4.78 is 1.71.